The van der Waals surface area contributed by atoms with Crippen LogP contribution in [0.4, 0.5) is 8.78 Å². The molecule has 1 aliphatic carbocycles. The van der Waals surface area contributed by atoms with Crippen LogP contribution in [0.5, 0.6) is 0 Å². The van der Waals surface area contributed by atoms with Crippen molar-refractivity contribution < 1.29 is 18.3 Å². The number of nitrogens with zero attached hydrogens (tertiary/aromatic N) is 3. The van der Waals surface area contributed by atoms with Crippen LogP contribution in [0.25, 0.3) is 0 Å². The van der Waals surface area contributed by atoms with Crippen molar-refractivity contribution in [3.05, 3.63) is 50.5 Å². The summed E-state index contributed by atoms with van der Waals surface area (Å²) in [7, 11) is 3.69. The molecule has 2 aromatic rings. The third-order valence-electron chi connectivity index (χ3n) is 7.35. The summed E-state index contributed by atoms with van der Waals surface area (Å²) in [6, 6.07) is 2.63. The van der Waals surface area contributed by atoms with Gasteiger partial charge in [-0.3, -0.25) is 4.79 Å². The molecule has 3 aliphatic rings. The van der Waals surface area contributed by atoms with Crippen molar-refractivity contribution in [1.29, 1.82) is 0 Å². The van der Waals surface area contributed by atoms with Crippen molar-refractivity contribution >= 4 is 29.7 Å². The van der Waals surface area contributed by atoms with Gasteiger partial charge in [-0.25, -0.2) is 8.78 Å². The van der Waals surface area contributed by atoms with Crippen LogP contribution in [-0.4, -0.2) is 46.2 Å². The molecule has 1 unspecified atom stereocenters. The fourth-order valence-corrected chi connectivity index (χ4v) is 5.91. The molecule has 1 aromatic carbocycles. The average Bonchev–Trinajstić information content (AvgIpc) is 3.31. The average molecular weight is 468 g/mol. The maximum atomic E-state index is 14.8. The van der Waals surface area contributed by atoms with E-state index in [1.807, 2.05) is 23.2 Å². The number of fused-ring (bicyclic) bond motifs is 3. The normalized spacial score (nSPS) is 24.7. The highest BCUT2D eigenvalue weighted by molar-refractivity contribution is 7.71. The second-order valence-electron chi connectivity index (χ2n) is 8.92. The highest BCUT2D eigenvalue weighted by Crippen LogP contribution is 2.67. The monoisotopic (exact) mass is 467 g/mol. The first-order valence-electron chi connectivity index (χ1n) is 10.5. The molecule has 5 nitrogen and oxygen atoms in total. The topological polar surface area (TPSA) is 39.4 Å². The summed E-state index contributed by atoms with van der Waals surface area (Å²) in [5.41, 5.74) is 1.13. The minimum atomic E-state index is -0.693. The molecule has 5 rings (SSSR count). The second kappa shape index (κ2) is 7.39. The lowest BCUT2D eigenvalue weighted by atomic mass is 9.92. The van der Waals surface area contributed by atoms with Crippen molar-refractivity contribution in [3.8, 4) is 0 Å². The quantitative estimate of drug-likeness (QED) is 0.502. The zero-order chi connectivity index (χ0) is 22.1. The summed E-state index contributed by atoms with van der Waals surface area (Å²) in [5.74, 6) is -1.33. The number of ether oxygens (including phenoxy) is 1. The summed E-state index contributed by atoms with van der Waals surface area (Å²) < 4.78 is 39.3. The maximum Gasteiger partial charge on any atom is 0.228 e. The van der Waals surface area contributed by atoms with Crippen LogP contribution in [0, 0.1) is 16.4 Å². The van der Waals surface area contributed by atoms with Gasteiger partial charge in [-0.15, -0.1) is 0 Å². The molecular weight excluding hydrogens is 444 g/mol. The Morgan fingerprint density at radius 2 is 2.06 bits per heavy atom. The van der Waals surface area contributed by atoms with E-state index in [2.05, 4.69) is 0 Å². The van der Waals surface area contributed by atoms with E-state index in [9.17, 15) is 13.6 Å². The number of aromatic nitrogens is 2. The number of hydrogen-bond acceptors (Lipinski definition) is 3. The number of benzene rings is 1. The van der Waals surface area contributed by atoms with Gasteiger partial charge in [0.1, 0.15) is 11.6 Å². The van der Waals surface area contributed by atoms with E-state index in [1.165, 1.54) is 12.1 Å². The van der Waals surface area contributed by atoms with Crippen molar-refractivity contribution in [1.82, 2.24) is 14.0 Å². The zero-order valence-electron chi connectivity index (χ0n) is 17.5. The summed E-state index contributed by atoms with van der Waals surface area (Å²) in [6.07, 6.45) is 2.49. The Bertz CT molecular complexity index is 1140. The standard InChI is InChI=1S/C22H24ClF2N3O2S/c1-26(12-5-7-30-8-6-12)17(29)9-16-20-13-10-22(13,11-28(20)21(31)27(16)2)18-15(24)4-3-14(23)19(18)25/h3-4,12-13H,5-11H2,1-2H3/t13?,22-/m0/s1. The molecule has 9 heteroatoms. The molecule has 3 heterocycles. The van der Waals surface area contributed by atoms with E-state index in [0.717, 1.165) is 24.2 Å². The van der Waals surface area contributed by atoms with E-state index in [-0.39, 0.29) is 34.9 Å². The predicted octanol–water partition coefficient (Wildman–Crippen LogP) is 4.11. The van der Waals surface area contributed by atoms with Gasteiger partial charge in [0.2, 0.25) is 5.91 Å². The summed E-state index contributed by atoms with van der Waals surface area (Å²) in [4.78, 5) is 14.9. The molecular formula is C22H24ClF2N3O2S. The first kappa shape index (κ1) is 21.1. The lowest BCUT2D eigenvalue weighted by molar-refractivity contribution is -0.133. The number of imidazole rings is 1. The second-order valence-corrected chi connectivity index (χ2v) is 9.69. The van der Waals surface area contributed by atoms with Crippen LogP contribution in [0.1, 0.15) is 42.1 Å². The Morgan fingerprint density at radius 1 is 1.35 bits per heavy atom. The molecule has 2 atom stereocenters. The molecule has 0 spiro atoms. The van der Waals surface area contributed by atoms with Gasteiger partial charge < -0.3 is 18.8 Å². The SMILES string of the molecule is CN(C(=O)Cc1c2n(c(=S)n1C)C[C@@]1(c3c(F)ccc(Cl)c3F)CC21)C1CCOCC1. The molecule has 0 bridgehead atoms. The molecule has 0 radical (unpaired) electrons. The summed E-state index contributed by atoms with van der Waals surface area (Å²) in [6.45, 7) is 1.72. The number of carbonyl (C=O) groups is 1. The molecule has 1 aromatic heterocycles. The highest BCUT2D eigenvalue weighted by Gasteiger charge is 2.64. The van der Waals surface area contributed by atoms with Crippen LogP contribution < -0.4 is 0 Å². The molecule has 31 heavy (non-hydrogen) atoms. The van der Waals surface area contributed by atoms with Crippen LogP contribution in [0.2, 0.25) is 5.02 Å². The van der Waals surface area contributed by atoms with E-state index in [1.54, 1.807) is 4.90 Å². The largest absolute Gasteiger partial charge is 0.381 e. The van der Waals surface area contributed by atoms with Crippen LogP contribution in [0.3, 0.4) is 0 Å². The van der Waals surface area contributed by atoms with E-state index >= 15 is 0 Å². The lowest BCUT2D eigenvalue weighted by Crippen LogP contribution is -2.41. The Kier molecular flexibility index (Phi) is 5.03. The molecule has 166 valence electrons. The van der Waals surface area contributed by atoms with Crippen molar-refractivity contribution in [2.45, 2.75) is 49.6 Å². The number of carbonyl (C=O) groups excluding carboxylic acids is 1. The Labute approximate surface area is 189 Å². The number of likely N-dealkylation sites (N-methyl/N-ethyl adjacent to an activating group) is 1. The van der Waals surface area contributed by atoms with Gasteiger partial charge in [-0.2, -0.15) is 0 Å². The molecule has 1 amide bonds. The van der Waals surface area contributed by atoms with Gasteiger partial charge in [0.15, 0.2) is 4.77 Å². The van der Waals surface area contributed by atoms with Crippen LogP contribution in [0.15, 0.2) is 12.1 Å². The molecule has 1 saturated carbocycles. The Balaban J connectivity index is 1.47. The molecule has 1 saturated heterocycles. The fourth-order valence-electron chi connectivity index (χ4n) is 5.48. The zero-order valence-corrected chi connectivity index (χ0v) is 19.0. The third-order valence-corrected chi connectivity index (χ3v) is 8.13. The van der Waals surface area contributed by atoms with Gasteiger partial charge in [0, 0.05) is 68.2 Å². The van der Waals surface area contributed by atoms with Gasteiger partial charge in [-0.1, -0.05) is 11.6 Å². The van der Waals surface area contributed by atoms with Gasteiger partial charge in [0.05, 0.1) is 11.4 Å². The van der Waals surface area contributed by atoms with Gasteiger partial charge >= 0.3 is 0 Å². The van der Waals surface area contributed by atoms with Crippen LogP contribution in [-0.2, 0) is 35.0 Å². The lowest BCUT2D eigenvalue weighted by Gasteiger charge is -2.31. The smallest absolute Gasteiger partial charge is 0.228 e. The predicted molar refractivity (Wildman–Crippen MR) is 115 cm³/mol. The van der Waals surface area contributed by atoms with Crippen molar-refractivity contribution in [3.63, 3.8) is 0 Å². The highest BCUT2D eigenvalue weighted by atomic mass is 35.5. The Morgan fingerprint density at radius 3 is 2.77 bits per heavy atom. The maximum absolute atomic E-state index is 14.8. The molecule has 2 fully saturated rings. The first-order valence-corrected chi connectivity index (χ1v) is 11.3. The minimum Gasteiger partial charge on any atom is -0.381 e. The van der Waals surface area contributed by atoms with Crippen LogP contribution >= 0.6 is 23.8 Å². The number of halogens is 3. The fraction of sp³-hybridized carbons (Fsp3) is 0.545. The van der Waals surface area contributed by atoms with E-state index in [0.29, 0.717) is 31.0 Å². The number of rotatable bonds is 4. The number of amides is 1. The molecule has 2 aliphatic heterocycles. The molecule has 0 N–H and O–H groups in total. The Hall–Kier alpha value is -1.77. The van der Waals surface area contributed by atoms with E-state index in [4.69, 9.17) is 28.6 Å². The summed E-state index contributed by atoms with van der Waals surface area (Å²) >= 11 is 11.6. The van der Waals surface area contributed by atoms with Gasteiger partial charge in [0.25, 0.3) is 0 Å². The van der Waals surface area contributed by atoms with E-state index < -0.39 is 17.0 Å². The number of hydrogen-bond donors (Lipinski definition) is 0. The third kappa shape index (κ3) is 3.09. The summed E-state index contributed by atoms with van der Waals surface area (Å²) in [5, 5.41) is -0.0781. The minimum absolute atomic E-state index is 0.0177. The van der Waals surface area contributed by atoms with Gasteiger partial charge in [-0.05, 0) is 43.6 Å². The van der Waals surface area contributed by atoms with Crippen molar-refractivity contribution in [2.75, 3.05) is 20.3 Å². The first-order chi connectivity index (χ1) is 14.8. The van der Waals surface area contributed by atoms with Crippen molar-refractivity contribution in [2.24, 2.45) is 7.05 Å².